The van der Waals surface area contributed by atoms with E-state index in [1.807, 2.05) is 18.2 Å². The number of amides is 3. The van der Waals surface area contributed by atoms with Crippen LogP contribution in [0.5, 0.6) is 5.75 Å². The number of hydrogen-bond acceptors (Lipinski definition) is 4. The van der Waals surface area contributed by atoms with Gasteiger partial charge in [-0.2, -0.15) is 0 Å². The summed E-state index contributed by atoms with van der Waals surface area (Å²) >= 11 is 0. The number of carbonyl (C=O) groups excluding carboxylic acids is 3. The van der Waals surface area contributed by atoms with Gasteiger partial charge in [0.25, 0.3) is 17.7 Å². The van der Waals surface area contributed by atoms with Crippen molar-refractivity contribution in [2.24, 2.45) is 0 Å². The molecule has 0 spiro atoms. The minimum absolute atomic E-state index is 0.177. The third kappa shape index (κ3) is 5.68. The topological polar surface area (TPSA) is 102 Å². The average molecular weight is 393 g/mol. The summed E-state index contributed by atoms with van der Waals surface area (Å²) < 4.78 is 0. The van der Waals surface area contributed by atoms with Crippen LogP contribution in [0.3, 0.4) is 0 Å². The van der Waals surface area contributed by atoms with Gasteiger partial charge >= 0.3 is 0 Å². The van der Waals surface area contributed by atoms with Crippen molar-refractivity contribution in [2.75, 3.05) is 13.1 Å². The van der Waals surface area contributed by atoms with Gasteiger partial charge in [0.1, 0.15) is 11.4 Å². The van der Waals surface area contributed by atoms with Crippen LogP contribution in [0.1, 0.15) is 41.0 Å². The van der Waals surface area contributed by atoms with Crippen molar-refractivity contribution in [1.29, 1.82) is 0 Å². The van der Waals surface area contributed by atoms with E-state index in [1.54, 1.807) is 30.3 Å². The summed E-state index contributed by atoms with van der Waals surface area (Å²) in [6.45, 7) is 0.933. The minimum atomic E-state index is -0.259. The Morgan fingerprint density at radius 3 is 2.41 bits per heavy atom. The Hall–Kier alpha value is -3.61. The Balaban J connectivity index is 1.36. The fourth-order valence-electron chi connectivity index (χ4n) is 2.93. The number of H-pyrrole nitrogens is 1. The van der Waals surface area contributed by atoms with Gasteiger partial charge in [0.15, 0.2) is 0 Å². The lowest BCUT2D eigenvalue weighted by Gasteiger charge is -2.13. The molecule has 3 rings (SSSR count). The van der Waals surface area contributed by atoms with Gasteiger partial charge in [-0.05, 0) is 55.2 Å². The van der Waals surface area contributed by atoms with Crippen molar-refractivity contribution >= 4 is 29.9 Å². The molecule has 2 heterocycles. The monoisotopic (exact) mass is 393 g/mol. The van der Waals surface area contributed by atoms with E-state index in [4.69, 9.17) is 0 Å². The van der Waals surface area contributed by atoms with Crippen molar-refractivity contribution in [3.63, 3.8) is 0 Å². The molecule has 7 nitrogen and oxygen atoms in total. The van der Waals surface area contributed by atoms with Gasteiger partial charge in [0, 0.05) is 30.9 Å². The lowest BCUT2D eigenvalue weighted by Crippen LogP contribution is -2.31. The smallest absolute Gasteiger partial charge is 0.267 e. The molecule has 3 N–H and O–H groups in total. The second kappa shape index (κ2) is 9.54. The molecule has 1 aliphatic heterocycles. The van der Waals surface area contributed by atoms with Gasteiger partial charge in [-0.3, -0.25) is 19.3 Å². The van der Waals surface area contributed by atoms with Gasteiger partial charge in [0.05, 0.1) is 0 Å². The number of benzene rings is 1. The molecule has 0 aliphatic carbocycles. The second-order valence-electron chi connectivity index (χ2n) is 6.73. The van der Waals surface area contributed by atoms with Gasteiger partial charge < -0.3 is 15.4 Å². The van der Waals surface area contributed by atoms with E-state index in [1.165, 1.54) is 17.1 Å². The molecule has 0 atom stereocenters. The Labute approximate surface area is 168 Å². The number of unbranched alkanes of at least 4 members (excludes halogenated alkanes) is 2. The average Bonchev–Trinajstić information content (AvgIpc) is 3.31. The Kier molecular flexibility index (Phi) is 6.63. The van der Waals surface area contributed by atoms with Crippen molar-refractivity contribution in [2.45, 2.75) is 19.3 Å². The molecule has 0 saturated heterocycles. The SMILES string of the molecule is O=C(NCCCCCN1C(=O)C=CC1=O)c1ccc(/C=C/c2ccc(O)cc2)[nH]1. The third-order valence-electron chi connectivity index (χ3n) is 4.55. The molecule has 7 heteroatoms. The zero-order chi connectivity index (χ0) is 20.6. The highest BCUT2D eigenvalue weighted by Crippen LogP contribution is 2.13. The van der Waals surface area contributed by atoms with Crippen LogP contribution in [-0.4, -0.2) is 45.8 Å². The molecule has 0 fully saturated rings. The number of aromatic hydroxyl groups is 1. The van der Waals surface area contributed by atoms with E-state index in [-0.39, 0.29) is 23.5 Å². The van der Waals surface area contributed by atoms with Crippen LogP contribution in [0.4, 0.5) is 0 Å². The summed E-state index contributed by atoms with van der Waals surface area (Å²) in [6, 6.07) is 10.4. The first-order chi connectivity index (χ1) is 14.0. The van der Waals surface area contributed by atoms with Gasteiger partial charge in [-0.1, -0.05) is 18.2 Å². The normalized spacial score (nSPS) is 13.6. The highest BCUT2D eigenvalue weighted by Gasteiger charge is 2.22. The van der Waals surface area contributed by atoms with E-state index >= 15 is 0 Å². The largest absolute Gasteiger partial charge is 0.508 e. The van der Waals surface area contributed by atoms with Crippen LogP contribution in [0.15, 0.2) is 48.6 Å². The minimum Gasteiger partial charge on any atom is -0.508 e. The molecule has 29 heavy (non-hydrogen) atoms. The quantitative estimate of drug-likeness (QED) is 0.450. The second-order valence-corrected chi connectivity index (χ2v) is 6.73. The number of nitrogens with zero attached hydrogens (tertiary/aromatic N) is 1. The Bertz CT molecular complexity index is 923. The molecule has 1 aromatic heterocycles. The van der Waals surface area contributed by atoms with Crippen LogP contribution in [0, 0.1) is 0 Å². The maximum atomic E-state index is 12.2. The first-order valence-electron chi connectivity index (χ1n) is 9.51. The molecule has 0 saturated carbocycles. The highest BCUT2D eigenvalue weighted by molar-refractivity contribution is 6.12. The van der Waals surface area contributed by atoms with Crippen molar-refractivity contribution in [3.8, 4) is 5.75 Å². The highest BCUT2D eigenvalue weighted by atomic mass is 16.3. The number of nitrogens with one attached hydrogen (secondary N) is 2. The standard InChI is InChI=1S/C22H23N3O4/c26-18-9-5-16(6-10-18)4-7-17-8-11-19(24-17)22(29)23-14-2-1-3-15-25-20(27)12-13-21(25)28/h4-13,24,26H,1-3,14-15H2,(H,23,29)/b7-4+. The Morgan fingerprint density at radius 1 is 0.966 bits per heavy atom. The van der Waals surface area contributed by atoms with Crippen LogP contribution in [0.25, 0.3) is 12.2 Å². The zero-order valence-electron chi connectivity index (χ0n) is 15.9. The van der Waals surface area contributed by atoms with Gasteiger partial charge in [-0.15, -0.1) is 0 Å². The predicted octanol–water partition coefficient (Wildman–Crippen LogP) is 2.72. The molecular weight excluding hydrogens is 370 g/mol. The van der Waals surface area contributed by atoms with Crippen LogP contribution < -0.4 is 5.32 Å². The molecule has 1 aromatic carbocycles. The zero-order valence-corrected chi connectivity index (χ0v) is 15.9. The summed E-state index contributed by atoms with van der Waals surface area (Å²) in [6.07, 6.45) is 8.60. The van der Waals surface area contributed by atoms with E-state index in [0.717, 1.165) is 24.1 Å². The van der Waals surface area contributed by atoms with E-state index < -0.39 is 0 Å². The number of carbonyl (C=O) groups is 3. The van der Waals surface area contributed by atoms with Crippen molar-refractivity contribution in [1.82, 2.24) is 15.2 Å². The van der Waals surface area contributed by atoms with Crippen LogP contribution >= 0.6 is 0 Å². The number of phenols is 1. The lowest BCUT2D eigenvalue weighted by atomic mass is 10.2. The fraction of sp³-hybridized carbons (Fsp3) is 0.227. The molecule has 3 amide bonds. The number of rotatable bonds is 9. The molecular formula is C22H23N3O4. The molecule has 150 valence electrons. The summed E-state index contributed by atoms with van der Waals surface area (Å²) in [7, 11) is 0. The van der Waals surface area contributed by atoms with Crippen molar-refractivity contribution in [3.05, 3.63) is 65.5 Å². The third-order valence-corrected chi connectivity index (χ3v) is 4.55. The summed E-state index contributed by atoms with van der Waals surface area (Å²) in [5.41, 5.74) is 2.22. The molecule has 0 radical (unpaired) electrons. The van der Waals surface area contributed by atoms with E-state index in [2.05, 4.69) is 10.3 Å². The molecule has 0 bridgehead atoms. The molecule has 2 aromatic rings. The van der Waals surface area contributed by atoms with Crippen LogP contribution in [-0.2, 0) is 9.59 Å². The van der Waals surface area contributed by atoms with E-state index in [9.17, 15) is 19.5 Å². The maximum absolute atomic E-state index is 12.2. The first kappa shape index (κ1) is 20.1. The molecule has 1 aliphatic rings. The number of phenolic OH excluding ortho intramolecular Hbond substituents is 1. The van der Waals surface area contributed by atoms with Gasteiger partial charge in [0.2, 0.25) is 0 Å². The number of aromatic nitrogens is 1. The maximum Gasteiger partial charge on any atom is 0.267 e. The van der Waals surface area contributed by atoms with Crippen molar-refractivity contribution < 1.29 is 19.5 Å². The number of aromatic amines is 1. The summed E-state index contributed by atoms with van der Waals surface area (Å²) in [5, 5.41) is 12.1. The molecule has 0 unspecified atom stereocenters. The predicted molar refractivity (Wildman–Crippen MR) is 110 cm³/mol. The summed E-state index contributed by atoms with van der Waals surface area (Å²) in [4.78, 5) is 39.4. The number of imide groups is 1. The lowest BCUT2D eigenvalue weighted by molar-refractivity contribution is -0.136. The van der Waals surface area contributed by atoms with E-state index in [0.29, 0.717) is 25.2 Å². The first-order valence-corrected chi connectivity index (χ1v) is 9.51. The Morgan fingerprint density at radius 2 is 1.69 bits per heavy atom. The van der Waals surface area contributed by atoms with Gasteiger partial charge in [-0.25, -0.2) is 0 Å². The fourth-order valence-corrected chi connectivity index (χ4v) is 2.93. The van der Waals surface area contributed by atoms with Crippen LogP contribution in [0.2, 0.25) is 0 Å². The number of hydrogen-bond donors (Lipinski definition) is 3. The summed E-state index contributed by atoms with van der Waals surface area (Å²) in [5.74, 6) is -0.477.